The summed E-state index contributed by atoms with van der Waals surface area (Å²) < 4.78 is 5.45. The number of nitrogens with zero attached hydrogens (tertiary/aromatic N) is 2. The van der Waals surface area contributed by atoms with Crippen molar-refractivity contribution in [3.8, 4) is 5.75 Å². The molecule has 0 atom stereocenters. The highest BCUT2D eigenvalue weighted by Crippen LogP contribution is 2.18. The van der Waals surface area contributed by atoms with E-state index in [1.807, 2.05) is 32.0 Å². The van der Waals surface area contributed by atoms with E-state index < -0.39 is 0 Å². The number of H-pyrrole nitrogens is 1. The number of aromatic nitrogens is 3. The lowest BCUT2D eigenvalue weighted by Crippen LogP contribution is -2.21. The monoisotopic (exact) mass is 246 g/mol. The minimum atomic E-state index is -0.285. The average molecular weight is 246 g/mol. The number of nitrogens with one attached hydrogen (secondary N) is 2. The molecule has 0 aliphatic rings. The van der Waals surface area contributed by atoms with Crippen LogP contribution in [0.25, 0.3) is 0 Å². The summed E-state index contributed by atoms with van der Waals surface area (Å²) in [5.41, 5.74) is 2.08. The van der Waals surface area contributed by atoms with Crippen LogP contribution in [0.2, 0.25) is 0 Å². The zero-order valence-corrected chi connectivity index (χ0v) is 10.2. The predicted molar refractivity (Wildman–Crippen MR) is 66.4 cm³/mol. The summed E-state index contributed by atoms with van der Waals surface area (Å²) in [6.07, 6.45) is 1.32. The Morgan fingerprint density at radius 3 is 3.00 bits per heavy atom. The molecule has 6 heteroatoms. The third-order valence-electron chi connectivity index (χ3n) is 2.38. The van der Waals surface area contributed by atoms with E-state index in [4.69, 9.17) is 4.74 Å². The maximum atomic E-state index is 11.6. The fourth-order valence-corrected chi connectivity index (χ4v) is 1.44. The van der Waals surface area contributed by atoms with E-state index in [2.05, 4.69) is 20.5 Å². The highest BCUT2D eigenvalue weighted by Gasteiger charge is 2.06. The molecular formula is C12H14N4O2. The van der Waals surface area contributed by atoms with E-state index in [0.29, 0.717) is 11.7 Å². The number of aromatic amines is 1. The van der Waals surface area contributed by atoms with Gasteiger partial charge in [-0.15, -0.1) is 0 Å². The third-order valence-corrected chi connectivity index (χ3v) is 2.38. The van der Waals surface area contributed by atoms with E-state index in [-0.39, 0.29) is 12.5 Å². The normalized spacial score (nSPS) is 10.1. The van der Waals surface area contributed by atoms with Crippen LogP contribution >= 0.6 is 0 Å². The van der Waals surface area contributed by atoms with Crippen LogP contribution in [0.4, 0.5) is 5.95 Å². The maximum Gasteiger partial charge on any atom is 0.264 e. The predicted octanol–water partition coefficient (Wildman–Crippen LogP) is 1.44. The van der Waals surface area contributed by atoms with E-state index >= 15 is 0 Å². The number of amides is 1. The number of aryl methyl sites for hydroxylation is 2. The maximum absolute atomic E-state index is 11.6. The number of carbonyl (C=O) groups is 1. The highest BCUT2D eigenvalue weighted by atomic mass is 16.5. The van der Waals surface area contributed by atoms with Gasteiger partial charge in [0.2, 0.25) is 5.95 Å². The Hall–Kier alpha value is -2.37. The molecule has 0 fully saturated rings. The van der Waals surface area contributed by atoms with Gasteiger partial charge in [0.15, 0.2) is 6.61 Å². The Balaban J connectivity index is 1.91. The van der Waals surface area contributed by atoms with Gasteiger partial charge in [0.1, 0.15) is 12.1 Å². The van der Waals surface area contributed by atoms with Gasteiger partial charge in [-0.1, -0.05) is 12.1 Å². The zero-order chi connectivity index (χ0) is 13.0. The van der Waals surface area contributed by atoms with Crippen molar-refractivity contribution in [1.82, 2.24) is 15.2 Å². The summed E-state index contributed by atoms with van der Waals surface area (Å²) in [5, 5.41) is 8.70. The van der Waals surface area contributed by atoms with E-state index in [9.17, 15) is 4.79 Å². The first-order chi connectivity index (χ1) is 8.65. The topological polar surface area (TPSA) is 79.9 Å². The van der Waals surface area contributed by atoms with Crippen molar-refractivity contribution in [3.63, 3.8) is 0 Å². The van der Waals surface area contributed by atoms with Crippen LogP contribution in [0.1, 0.15) is 11.1 Å². The number of anilines is 1. The van der Waals surface area contributed by atoms with Gasteiger partial charge in [-0.3, -0.25) is 10.1 Å². The first-order valence-corrected chi connectivity index (χ1v) is 5.50. The molecule has 0 aliphatic carbocycles. The van der Waals surface area contributed by atoms with Gasteiger partial charge >= 0.3 is 0 Å². The molecule has 0 unspecified atom stereocenters. The lowest BCUT2D eigenvalue weighted by molar-refractivity contribution is -0.118. The Bertz CT molecular complexity index is 537. The van der Waals surface area contributed by atoms with Gasteiger partial charge in [-0.25, -0.2) is 5.10 Å². The van der Waals surface area contributed by atoms with Crippen molar-refractivity contribution < 1.29 is 9.53 Å². The Morgan fingerprint density at radius 2 is 2.28 bits per heavy atom. The Morgan fingerprint density at radius 1 is 1.44 bits per heavy atom. The summed E-state index contributed by atoms with van der Waals surface area (Å²) in [6.45, 7) is 3.84. The van der Waals surface area contributed by atoms with Crippen LogP contribution in [-0.2, 0) is 4.79 Å². The third kappa shape index (κ3) is 3.07. The molecule has 1 heterocycles. The molecule has 1 amide bonds. The molecule has 18 heavy (non-hydrogen) atoms. The van der Waals surface area contributed by atoms with Crippen LogP contribution in [0.15, 0.2) is 24.5 Å². The largest absolute Gasteiger partial charge is 0.483 e. The van der Waals surface area contributed by atoms with Crippen molar-refractivity contribution in [2.24, 2.45) is 0 Å². The van der Waals surface area contributed by atoms with Crippen LogP contribution in [0.3, 0.4) is 0 Å². The smallest absolute Gasteiger partial charge is 0.264 e. The first-order valence-electron chi connectivity index (χ1n) is 5.50. The highest BCUT2D eigenvalue weighted by molar-refractivity contribution is 5.90. The van der Waals surface area contributed by atoms with Crippen molar-refractivity contribution in [2.45, 2.75) is 13.8 Å². The number of hydrogen-bond acceptors (Lipinski definition) is 4. The second kappa shape index (κ2) is 5.31. The van der Waals surface area contributed by atoms with Crippen LogP contribution in [0, 0.1) is 13.8 Å². The van der Waals surface area contributed by atoms with Gasteiger partial charge < -0.3 is 4.74 Å². The lowest BCUT2D eigenvalue weighted by Gasteiger charge is -2.09. The summed E-state index contributed by atoms with van der Waals surface area (Å²) in [4.78, 5) is 15.3. The minimum Gasteiger partial charge on any atom is -0.483 e. The molecular weight excluding hydrogens is 232 g/mol. The number of rotatable bonds is 4. The summed E-state index contributed by atoms with van der Waals surface area (Å²) >= 11 is 0. The van der Waals surface area contributed by atoms with E-state index in [0.717, 1.165) is 11.1 Å². The molecule has 94 valence electrons. The number of ether oxygens (including phenoxy) is 1. The standard InChI is InChI=1S/C12H14N4O2/c1-8-3-4-9(2)10(5-8)18-6-11(17)15-12-13-7-14-16-12/h3-5,7H,6H2,1-2H3,(H2,13,14,15,16,17). The van der Waals surface area contributed by atoms with Gasteiger partial charge in [0, 0.05) is 0 Å². The van der Waals surface area contributed by atoms with Gasteiger partial charge in [0.25, 0.3) is 5.91 Å². The van der Waals surface area contributed by atoms with Crippen LogP contribution < -0.4 is 10.1 Å². The second-order valence-corrected chi connectivity index (χ2v) is 3.94. The first kappa shape index (κ1) is 12.1. The molecule has 0 saturated heterocycles. The van der Waals surface area contributed by atoms with Gasteiger partial charge in [0.05, 0.1) is 0 Å². The van der Waals surface area contributed by atoms with Crippen molar-refractivity contribution in [1.29, 1.82) is 0 Å². The molecule has 2 aromatic rings. The number of carbonyl (C=O) groups excluding carboxylic acids is 1. The minimum absolute atomic E-state index is 0.0645. The molecule has 1 aromatic carbocycles. The Labute approximate surface area is 104 Å². The summed E-state index contributed by atoms with van der Waals surface area (Å²) in [6, 6.07) is 5.85. The van der Waals surface area contributed by atoms with Crippen LogP contribution in [0.5, 0.6) is 5.75 Å². The lowest BCUT2D eigenvalue weighted by atomic mass is 10.1. The van der Waals surface area contributed by atoms with Crippen molar-refractivity contribution >= 4 is 11.9 Å². The van der Waals surface area contributed by atoms with E-state index in [1.54, 1.807) is 0 Å². The molecule has 0 saturated carbocycles. The molecule has 0 spiro atoms. The van der Waals surface area contributed by atoms with E-state index in [1.165, 1.54) is 6.33 Å². The van der Waals surface area contributed by atoms with Gasteiger partial charge in [-0.2, -0.15) is 10.1 Å². The summed E-state index contributed by atoms with van der Waals surface area (Å²) in [5.74, 6) is 0.736. The average Bonchev–Trinajstić information content (AvgIpc) is 2.83. The molecule has 6 nitrogen and oxygen atoms in total. The molecule has 2 N–H and O–H groups in total. The van der Waals surface area contributed by atoms with Crippen LogP contribution in [-0.4, -0.2) is 27.7 Å². The SMILES string of the molecule is Cc1ccc(C)c(OCC(=O)Nc2ncn[nH]2)c1. The zero-order valence-electron chi connectivity index (χ0n) is 10.2. The molecule has 0 radical (unpaired) electrons. The number of hydrogen-bond donors (Lipinski definition) is 2. The fourth-order valence-electron chi connectivity index (χ4n) is 1.44. The van der Waals surface area contributed by atoms with Crippen molar-refractivity contribution in [2.75, 3.05) is 11.9 Å². The molecule has 0 bridgehead atoms. The Kier molecular flexibility index (Phi) is 3.57. The molecule has 0 aliphatic heterocycles. The molecule has 1 aromatic heterocycles. The van der Waals surface area contributed by atoms with Gasteiger partial charge in [-0.05, 0) is 31.0 Å². The fraction of sp³-hybridized carbons (Fsp3) is 0.250. The quantitative estimate of drug-likeness (QED) is 0.855. The second-order valence-electron chi connectivity index (χ2n) is 3.94. The molecule has 2 rings (SSSR count). The number of benzene rings is 1. The van der Waals surface area contributed by atoms with Crippen molar-refractivity contribution in [3.05, 3.63) is 35.7 Å². The summed E-state index contributed by atoms with van der Waals surface area (Å²) in [7, 11) is 0.